The van der Waals surface area contributed by atoms with Crippen molar-refractivity contribution in [1.29, 1.82) is 0 Å². The molecule has 0 atom stereocenters. The summed E-state index contributed by atoms with van der Waals surface area (Å²) < 4.78 is 1.72. The summed E-state index contributed by atoms with van der Waals surface area (Å²) >= 11 is 0. The summed E-state index contributed by atoms with van der Waals surface area (Å²) in [7, 11) is 0. The number of hydrogen-bond donors (Lipinski definition) is 3. The zero-order chi connectivity index (χ0) is 19.0. The standard InChI is InChI=1S/C19H22N6O2/c1-19(27)4-2-14(3-5-19)24-17-15(18(20)26)9-23-25-10-12(6-16(17)25)13-7-21-11-22-8-13/h6-11,14,24,27H,2-5H2,1H3,(H2,20,26). The Bertz CT molecular complexity index is 973. The lowest BCUT2D eigenvalue weighted by Crippen LogP contribution is -2.36. The number of nitrogens with two attached hydrogens (primary N) is 1. The van der Waals surface area contributed by atoms with Crippen molar-refractivity contribution in [1.82, 2.24) is 19.6 Å². The van der Waals surface area contributed by atoms with Crippen LogP contribution in [0.1, 0.15) is 43.0 Å². The van der Waals surface area contributed by atoms with Gasteiger partial charge < -0.3 is 16.2 Å². The number of nitrogens with one attached hydrogen (secondary N) is 1. The molecular weight excluding hydrogens is 344 g/mol. The predicted octanol–water partition coefficient (Wildman–Crippen LogP) is 2.00. The highest BCUT2D eigenvalue weighted by Crippen LogP contribution is 2.33. The molecule has 1 fully saturated rings. The van der Waals surface area contributed by atoms with Crippen molar-refractivity contribution in [3.8, 4) is 11.1 Å². The van der Waals surface area contributed by atoms with E-state index in [2.05, 4.69) is 20.4 Å². The molecule has 4 rings (SSSR count). The van der Waals surface area contributed by atoms with Crippen molar-refractivity contribution >= 4 is 17.1 Å². The second-order valence-corrected chi connectivity index (χ2v) is 7.40. The number of hydrogen-bond acceptors (Lipinski definition) is 6. The molecule has 8 heteroatoms. The van der Waals surface area contributed by atoms with E-state index < -0.39 is 11.5 Å². The number of carbonyl (C=O) groups is 1. The number of anilines is 1. The van der Waals surface area contributed by atoms with Crippen LogP contribution in [-0.4, -0.2) is 42.2 Å². The molecule has 140 valence electrons. The van der Waals surface area contributed by atoms with Gasteiger partial charge in [-0.15, -0.1) is 0 Å². The zero-order valence-electron chi connectivity index (χ0n) is 15.1. The fourth-order valence-electron chi connectivity index (χ4n) is 3.59. The molecule has 0 bridgehead atoms. The lowest BCUT2D eigenvalue weighted by molar-refractivity contribution is 0.0196. The Balaban J connectivity index is 1.73. The molecule has 0 aliphatic heterocycles. The number of rotatable bonds is 4. The maximum Gasteiger partial charge on any atom is 0.252 e. The van der Waals surface area contributed by atoms with Crippen molar-refractivity contribution < 1.29 is 9.90 Å². The van der Waals surface area contributed by atoms with Gasteiger partial charge in [0, 0.05) is 35.8 Å². The minimum Gasteiger partial charge on any atom is -0.390 e. The molecule has 1 amide bonds. The normalized spacial score (nSPS) is 22.7. The van der Waals surface area contributed by atoms with Crippen LogP contribution in [0.25, 0.3) is 16.6 Å². The molecule has 0 spiro atoms. The summed E-state index contributed by atoms with van der Waals surface area (Å²) in [5.41, 5.74) is 8.53. The van der Waals surface area contributed by atoms with Gasteiger partial charge in [-0.3, -0.25) is 4.79 Å². The van der Waals surface area contributed by atoms with Gasteiger partial charge in [0.25, 0.3) is 5.91 Å². The summed E-state index contributed by atoms with van der Waals surface area (Å²) in [5.74, 6) is -0.527. The van der Waals surface area contributed by atoms with Crippen molar-refractivity contribution in [2.75, 3.05) is 5.32 Å². The lowest BCUT2D eigenvalue weighted by atomic mass is 9.83. The van der Waals surface area contributed by atoms with Gasteiger partial charge in [0.05, 0.1) is 28.6 Å². The van der Waals surface area contributed by atoms with Gasteiger partial charge in [-0.25, -0.2) is 14.5 Å². The van der Waals surface area contributed by atoms with Crippen molar-refractivity contribution in [3.05, 3.63) is 42.7 Å². The second-order valence-electron chi connectivity index (χ2n) is 7.40. The van der Waals surface area contributed by atoms with E-state index in [9.17, 15) is 9.90 Å². The topological polar surface area (TPSA) is 118 Å². The highest BCUT2D eigenvalue weighted by molar-refractivity contribution is 6.02. The van der Waals surface area contributed by atoms with Gasteiger partial charge in [-0.05, 0) is 38.7 Å². The minimum absolute atomic E-state index is 0.160. The summed E-state index contributed by atoms with van der Waals surface area (Å²) in [6, 6.07) is 2.10. The Kier molecular flexibility index (Phi) is 4.27. The predicted molar refractivity (Wildman–Crippen MR) is 101 cm³/mol. The van der Waals surface area contributed by atoms with Gasteiger partial charge >= 0.3 is 0 Å². The summed E-state index contributed by atoms with van der Waals surface area (Å²) in [6.45, 7) is 1.87. The number of primary amides is 1. The fraction of sp³-hybridized carbons (Fsp3) is 0.368. The number of aromatic nitrogens is 4. The first-order chi connectivity index (χ1) is 12.9. The van der Waals surface area contributed by atoms with Gasteiger partial charge in [0.2, 0.25) is 0 Å². The third kappa shape index (κ3) is 3.48. The zero-order valence-corrected chi connectivity index (χ0v) is 15.1. The van der Waals surface area contributed by atoms with Crippen LogP contribution in [0.4, 0.5) is 5.69 Å². The Morgan fingerprint density at radius 1 is 1.26 bits per heavy atom. The van der Waals surface area contributed by atoms with E-state index in [-0.39, 0.29) is 6.04 Å². The summed E-state index contributed by atoms with van der Waals surface area (Å²) in [4.78, 5) is 20.1. The van der Waals surface area contributed by atoms with Gasteiger partial charge in [-0.2, -0.15) is 5.10 Å². The Hall–Kier alpha value is -3.00. The quantitative estimate of drug-likeness (QED) is 0.650. The fourth-order valence-corrected chi connectivity index (χ4v) is 3.59. The van der Waals surface area contributed by atoms with Crippen LogP contribution in [-0.2, 0) is 0 Å². The van der Waals surface area contributed by atoms with E-state index in [1.807, 2.05) is 19.2 Å². The van der Waals surface area contributed by atoms with Crippen LogP contribution in [0.2, 0.25) is 0 Å². The van der Waals surface area contributed by atoms with E-state index in [0.717, 1.165) is 29.5 Å². The Morgan fingerprint density at radius 2 is 1.96 bits per heavy atom. The van der Waals surface area contributed by atoms with E-state index in [1.54, 1.807) is 16.9 Å². The molecule has 8 nitrogen and oxygen atoms in total. The van der Waals surface area contributed by atoms with Gasteiger partial charge in [0.15, 0.2) is 0 Å². The molecule has 1 aliphatic rings. The average Bonchev–Trinajstić information content (AvgIpc) is 3.09. The number of nitrogens with zero attached hydrogens (tertiary/aromatic N) is 4. The molecule has 4 N–H and O–H groups in total. The third-order valence-electron chi connectivity index (χ3n) is 5.21. The van der Waals surface area contributed by atoms with Gasteiger partial charge in [0.1, 0.15) is 6.33 Å². The molecule has 3 heterocycles. The van der Waals surface area contributed by atoms with Crippen LogP contribution >= 0.6 is 0 Å². The van der Waals surface area contributed by atoms with Crippen LogP contribution < -0.4 is 11.1 Å². The van der Waals surface area contributed by atoms with E-state index >= 15 is 0 Å². The van der Waals surface area contributed by atoms with Crippen molar-refractivity contribution in [3.63, 3.8) is 0 Å². The maximum atomic E-state index is 12.0. The number of carbonyl (C=O) groups excluding carboxylic acids is 1. The van der Waals surface area contributed by atoms with Crippen LogP contribution in [0.5, 0.6) is 0 Å². The maximum absolute atomic E-state index is 12.0. The molecular formula is C19H22N6O2. The van der Waals surface area contributed by atoms with E-state index in [4.69, 9.17) is 5.73 Å². The van der Waals surface area contributed by atoms with Crippen LogP contribution in [0, 0.1) is 0 Å². The number of amides is 1. The Morgan fingerprint density at radius 3 is 2.63 bits per heavy atom. The first kappa shape index (κ1) is 17.4. The first-order valence-corrected chi connectivity index (χ1v) is 8.98. The monoisotopic (exact) mass is 366 g/mol. The number of fused-ring (bicyclic) bond motifs is 1. The largest absolute Gasteiger partial charge is 0.390 e. The van der Waals surface area contributed by atoms with Crippen molar-refractivity contribution in [2.45, 2.75) is 44.2 Å². The van der Waals surface area contributed by atoms with E-state index in [1.165, 1.54) is 12.5 Å². The first-order valence-electron chi connectivity index (χ1n) is 8.98. The molecule has 0 unspecified atom stereocenters. The molecule has 1 aliphatic carbocycles. The smallest absolute Gasteiger partial charge is 0.252 e. The molecule has 3 aromatic rings. The summed E-state index contributed by atoms with van der Waals surface area (Å²) in [6.07, 6.45) is 11.4. The van der Waals surface area contributed by atoms with E-state index in [0.29, 0.717) is 24.1 Å². The number of aliphatic hydroxyl groups is 1. The minimum atomic E-state index is -0.617. The molecule has 1 saturated carbocycles. The second kappa shape index (κ2) is 6.62. The highest BCUT2D eigenvalue weighted by Gasteiger charge is 2.29. The SMILES string of the molecule is CC1(O)CCC(Nc2c(C(N)=O)cnn3cc(-c4cncnc4)cc23)CC1. The molecule has 27 heavy (non-hydrogen) atoms. The molecule has 3 aromatic heterocycles. The molecule has 0 radical (unpaired) electrons. The molecule has 0 saturated heterocycles. The Labute approximate surface area is 156 Å². The van der Waals surface area contributed by atoms with Crippen molar-refractivity contribution in [2.24, 2.45) is 5.73 Å². The average molecular weight is 366 g/mol. The highest BCUT2D eigenvalue weighted by atomic mass is 16.3. The molecule has 0 aromatic carbocycles. The van der Waals surface area contributed by atoms with Crippen LogP contribution in [0.15, 0.2) is 37.2 Å². The lowest BCUT2D eigenvalue weighted by Gasteiger charge is -2.34. The van der Waals surface area contributed by atoms with Crippen LogP contribution in [0.3, 0.4) is 0 Å². The third-order valence-corrected chi connectivity index (χ3v) is 5.21. The van der Waals surface area contributed by atoms with Gasteiger partial charge in [-0.1, -0.05) is 0 Å². The summed E-state index contributed by atoms with van der Waals surface area (Å²) in [5, 5.41) is 18.0.